The standard InChI is InChI=1S/C17H14N2O2/c1-10-6-7-13-14(18-10)16(20)15-12-5-3-2-4-11(12)8-9-19(15)17(13)21/h2-7,20H,8-9H2,1H3. The molecule has 0 saturated carbocycles. The molecule has 4 heteroatoms. The van der Waals surface area contributed by atoms with Crippen LogP contribution in [0.4, 0.5) is 0 Å². The number of nitrogens with zero attached hydrogens (tertiary/aromatic N) is 2. The van der Waals surface area contributed by atoms with Crippen molar-refractivity contribution < 1.29 is 5.11 Å². The molecule has 0 bridgehead atoms. The van der Waals surface area contributed by atoms with Gasteiger partial charge in [-0.25, -0.2) is 4.98 Å². The lowest BCUT2D eigenvalue weighted by Gasteiger charge is -2.23. The lowest BCUT2D eigenvalue weighted by molar-refractivity contribution is 0.471. The van der Waals surface area contributed by atoms with Gasteiger partial charge in [0.25, 0.3) is 5.56 Å². The molecule has 4 nitrogen and oxygen atoms in total. The second kappa shape index (κ2) is 4.19. The van der Waals surface area contributed by atoms with Gasteiger partial charge in [0.15, 0.2) is 5.75 Å². The molecule has 1 N–H and O–H groups in total. The number of pyridine rings is 2. The summed E-state index contributed by atoms with van der Waals surface area (Å²) in [6.45, 7) is 2.44. The first-order valence-electron chi connectivity index (χ1n) is 6.98. The van der Waals surface area contributed by atoms with E-state index in [-0.39, 0.29) is 11.3 Å². The van der Waals surface area contributed by atoms with E-state index in [1.165, 1.54) is 0 Å². The lowest BCUT2D eigenvalue weighted by Crippen LogP contribution is -2.26. The molecule has 0 radical (unpaired) electrons. The van der Waals surface area contributed by atoms with Crippen LogP contribution in [0, 0.1) is 6.92 Å². The Morgan fingerprint density at radius 2 is 2.00 bits per heavy atom. The molecule has 2 aromatic heterocycles. The third-order valence-corrected chi connectivity index (χ3v) is 4.11. The highest BCUT2D eigenvalue weighted by Gasteiger charge is 2.23. The number of benzene rings is 1. The zero-order valence-electron chi connectivity index (χ0n) is 11.6. The average molecular weight is 278 g/mol. The predicted molar refractivity (Wildman–Crippen MR) is 81.5 cm³/mol. The minimum absolute atomic E-state index is 0.0835. The summed E-state index contributed by atoms with van der Waals surface area (Å²) < 4.78 is 1.66. The van der Waals surface area contributed by atoms with Gasteiger partial charge in [0.1, 0.15) is 5.52 Å². The van der Waals surface area contributed by atoms with Gasteiger partial charge in [-0.05, 0) is 31.0 Å². The summed E-state index contributed by atoms with van der Waals surface area (Å²) in [6.07, 6.45) is 0.799. The third-order valence-electron chi connectivity index (χ3n) is 4.11. The van der Waals surface area contributed by atoms with E-state index in [1.54, 1.807) is 16.7 Å². The molecule has 104 valence electrons. The number of fused-ring (bicyclic) bond motifs is 4. The van der Waals surface area contributed by atoms with Crippen molar-refractivity contribution in [2.45, 2.75) is 19.9 Å². The molecular formula is C17H14N2O2. The molecule has 0 spiro atoms. The van der Waals surface area contributed by atoms with E-state index in [4.69, 9.17) is 0 Å². The molecular weight excluding hydrogens is 264 g/mol. The Morgan fingerprint density at radius 1 is 1.19 bits per heavy atom. The Hall–Kier alpha value is -2.62. The number of aromatic hydroxyl groups is 1. The first kappa shape index (κ1) is 12.1. The van der Waals surface area contributed by atoms with Crippen LogP contribution in [-0.4, -0.2) is 14.7 Å². The van der Waals surface area contributed by atoms with Crippen molar-refractivity contribution in [1.29, 1.82) is 0 Å². The van der Waals surface area contributed by atoms with Crippen LogP contribution in [0.1, 0.15) is 11.3 Å². The van der Waals surface area contributed by atoms with Crippen LogP contribution < -0.4 is 5.56 Å². The minimum atomic E-state index is -0.0835. The maximum absolute atomic E-state index is 12.7. The fourth-order valence-electron chi connectivity index (χ4n) is 3.08. The molecule has 0 amide bonds. The van der Waals surface area contributed by atoms with Crippen LogP contribution in [0.3, 0.4) is 0 Å². The summed E-state index contributed by atoms with van der Waals surface area (Å²) in [5.41, 5.74) is 3.75. The summed E-state index contributed by atoms with van der Waals surface area (Å²) in [7, 11) is 0. The maximum atomic E-state index is 12.7. The topological polar surface area (TPSA) is 55.1 Å². The van der Waals surface area contributed by atoms with Crippen molar-refractivity contribution in [2.75, 3.05) is 0 Å². The molecule has 1 aliphatic heterocycles. The van der Waals surface area contributed by atoms with Gasteiger partial charge in [-0.3, -0.25) is 4.79 Å². The van der Waals surface area contributed by atoms with E-state index < -0.39 is 0 Å². The smallest absolute Gasteiger partial charge is 0.260 e. The molecule has 0 unspecified atom stereocenters. The van der Waals surface area contributed by atoms with Gasteiger partial charge in [-0.1, -0.05) is 24.3 Å². The van der Waals surface area contributed by atoms with Gasteiger partial charge in [0, 0.05) is 17.8 Å². The van der Waals surface area contributed by atoms with Gasteiger partial charge >= 0.3 is 0 Å². The van der Waals surface area contributed by atoms with E-state index in [2.05, 4.69) is 4.98 Å². The van der Waals surface area contributed by atoms with E-state index in [0.29, 0.717) is 23.1 Å². The molecule has 0 fully saturated rings. The second-order valence-electron chi connectivity index (χ2n) is 5.41. The predicted octanol–water partition coefficient (Wildman–Crippen LogP) is 2.63. The average Bonchev–Trinajstić information content (AvgIpc) is 2.51. The van der Waals surface area contributed by atoms with Crippen LogP contribution in [0.15, 0.2) is 41.2 Å². The van der Waals surface area contributed by atoms with Crippen molar-refractivity contribution in [3.63, 3.8) is 0 Å². The zero-order valence-corrected chi connectivity index (χ0v) is 11.6. The molecule has 1 aliphatic rings. The molecule has 4 rings (SSSR count). The number of aromatic nitrogens is 2. The quantitative estimate of drug-likeness (QED) is 0.687. The number of aryl methyl sites for hydroxylation is 2. The van der Waals surface area contributed by atoms with Crippen molar-refractivity contribution >= 4 is 10.9 Å². The van der Waals surface area contributed by atoms with Crippen LogP contribution >= 0.6 is 0 Å². The Kier molecular flexibility index (Phi) is 2.42. The first-order chi connectivity index (χ1) is 10.2. The Balaban J connectivity index is 2.20. The van der Waals surface area contributed by atoms with Gasteiger partial charge in [-0.15, -0.1) is 0 Å². The Bertz CT molecular complexity index is 941. The maximum Gasteiger partial charge on any atom is 0.260 e. The van der Waals surface area contributed by atoms with Crippen LogP contribution in [-0.2, 0) is 13.0 Å². The van der Waals surface area contributed by atoms with Crippen molar-refractivity contribution in [2.24, 2.45) is 0 Å². The van der Waals surface area contributed by atoms with Crippen molar-refractivity contribution in [3.8, 4) is 17.0 Å². The van der Waals surface area contributed by atoms with E-state index in [9.17, 15) is 9.90 Å². The zero-order chi connectivity index (χ0) is 14.6. The summed E-state index contributed by atoms with van der Waals surface area (Å²) in [5.74, 6) is 0.0976. The summed E-state index contributed by atoms with van der Waals surface area (Å²) in [4.78, 5) is 17.0. The van der Waals surface area contributed by atoms with Gasteiger partial charge in [0.2, 0.25) is 0 Å². The molecule has 3 heterocycles. The van der Waals surface area contributed by atoms with E-state index in [1.807, 2.05) is 31.2 Å². The van der Waals surface area contributed by atoms with E-state index in [0.717, 1.165) is 23.2 Å². The molecule has 0 atom stereocenters. The van der Waals surface area contributed by atoms with Crippen LogP contribution in [0.25, 0.3) is 22.2 Å². The van der Waals surface area contributed by atoms with Crippen LogP contribution in [0.2, 0.25) is 0 Å². The van der Waals surface area contributed by atoms with Crippen molar-refractivity contribution in [3.05, 3.63) is 58.0 Å². The normalized spacial score (nSPS) is 13.0. The highest BCUT2D eigenvalue weighted by Crippen LogP contribution is 2.37. The highest BCUT2D eigenvalue weighted by molar-refractivity contribution is 5.90. The fraction of sp³-hybridized carbons (Fsp3) is 0.176. The van der Waals surface area contributed by atoms with Gasteiger partial charge < -0.3 is 9.67 Å². The monoisotopic (exact) mass is 278 g/mol. The van der Waals surface area contributed by atoms with Gasteiger partial charge in [0.05, 0.1) is 11.1 Å². The third kappa shape index (κ3) is 1.62. The van der Waals surface area contributed by atoms with Crippen LogP contribution in [0.5, 0.6) is 5.75 Å². The fourth-order valence-corrected chi connectivity index (χ4v) is 3.08. The number of hydrogen-bond donors (Lipinski definition) is 1. The first-order valence-corrected chi connectivity index (χ1v) is 6.98. The molecule has 21 heavy (non-hydrogen) atoms. The lowest BCUT2D eigenvalue weighted by atomic mass is 9.96. The Morgan fingerprint density at radius 3 is 2.86 bits per heavy atom. The summed E-state index contributed by atoms with van der Waals surface area (Å²) >= 11 is 0. The summed E-state index contributed by atoms with van der Waals surface area (Å²) in [6, 6.07) is 11.4. The largest absolute Gasteiger partial charge is 0.504 e. The molecule has 1 aromatic carbocycles. The Labute approximate surface area is 121 Å². The SMILES string of the molecule is Cc1ccc2c(=O)n3c(c(O)c2n1)-c1ccccc1CC3. The number of hydrogen-bond acceptors (Lipinski definition) is 3. The molecule has 0 saturated heterocycles. The second-order valence-corrected chi connectivity index (χ2v) is 5.41. The van der Waals surface area contributed by atoms with Crippen molar-refractivity contribution in [1.82, 2.24) is 9.55 Å². The summed E-state index contributed by atoms with van der Waals surface area (Å²) in [5, 5.41) is 11.1. The van der Waals surface area contributed by atoms with E-state index >= 15 is 0 Å². The minimum Gasteiger partial charge on any atom is -0.504 e. The molecule has 3 aromatic rings. The highest BCUT2D eigenvalue weighted by atomic mass is 16.3. The van der Waals surface area contributed by atoms with Gasteiger partial charge in [-0.2, -0.15) is 0 Å². The number of rotatable bonds is 0. The molecule has 0 aliphatic carbocycles.